The number of rotatable bonds is 6. The second-order valence-electron chi connectivity index (χ2n) is 5.46. The molecule has 2 N–H and O–H groups in total. The zero-order chi connectivity index (χ0) is 16.1. The maximum absolute atomic E-state index is 5.93. The zero-order valence-electron chi connectivity index (χ0n) is 13.2. The van der Waals surface area contributed by atoms with E-state index in [0.717, 1.165) is 40.5 Å². The van der Waals surface area contributed by atoms with Crippen molar-refractivity contribution >= 4 is 11.6 Å². The van der Waals surface area contributed by atoms with Crippen molar-refractivity contribution in [3.63, 3.8) is 0 Å². The fourth-order valence-corrected chi connectivity index (χ4v) is 2.62. The lowest BCUT2D eigenvalue weighted by atomic mass is 9.99. The fourth-order valence-electron chi connectivity index (χ4n) is 2.49. The van der Waals surface area contributed by atoms with E-state index < -0.39 is 0 Å². The van der Waals surface area contributed by atoms with Crippen molar-refractivity contribution in [1.82, 2.24) is 0 Å². The van der Waals surface area contributed by atoms with E-state index in [0.29, 0.717) is 0 Å². The summed E-state index contributed by atoms with van der Waals surface area (Å²) in [6.45, 7) is 1.98. The van der Waals surface area contributed by atoms with Crippen LogP contribution in [-0.4, -0.2) is 20.3 Å². The molecule has 0 aliphatic heterocycles. The molecule has 0 saturated heterocycles. The summed E-state index contributed by atoms with van der Waals surface area (Å²) in [7, 11) is 3.36. The molecule has 22 heavy (non-hydrogen) atoms. The van der Waals surface area contributed by atoms with Gasteiger partial charge in [0.25, 0.3) is 0 Å². The molecular weight excluding hydrogens is 298 g/mol. The Morgan fingerprint density at radius 3 is 2.09 bits per heavy atom. The summed E-state index contributed by atoms with van der Waals surface area (Å²) >= 11 is 5.93. The maximum Gasteiger partial charge on any atom is 0.122 e. The maximum atomic E-state index is 5.93. The molecular formula is C18H22ClNO2. The molecule has 0 bridgehead atoms. The Labute approximate surface area is 137 Å². The Morgan fingerprint density at radius 1 is 1.00 bits per heavy atom. The van der Waals surface area contributed by atoms with Crippen LogP contribution in [0, 0.1) is 0 Å². The minimum atomic E-state index is 0.0701. The molecule has 2 aromatic rings. The Bertz CT molecular complexity index is 624. The van der Waals surface area contributed by atoms with Crippen molar-refractivity contribution in [1.29, 1.82) is 0 Å². The van der Waals surface area contributed by atoms with Crippen LogP contribution in [0.15, 0.2) is 36.4 Å². The number of ether oxygens (including phenoxy) is 2. The quantitative estimate of drug-likeness (QED) is 0.880. The van der Waals surface area contributed by atoms with Crippen molar-refractivity contribution < 1.29 is 9.47 Å². The van der Waals surface area contributed by atoms with Gasteiger partial charge in [-0.15, -0.1) is 0 Å². The number of hydrogen-bond donors (Lipinski definition) is 1. The summed E-state index contributed by atoms with van der Waals surface area (Å²) < 4.78 is 11.1. The SMILES string of the molecule is COc1cc(CC(C)N)c(OC)cc1Cc1ccc(Cl)cc1. The van der Waals surface area contributed by atoms with Crippen molar-refractivity contribution in [3.05, 3.63) is 58.1 Å². The van der Waals surface area contributed by atoms with Crippen molar-refractivity contribution in [2.24, 2.45) is 5.73 Å². The van der Waals surface area contributed by atoms with Crippen molar-refractivity contribution in [2.45, 2.75) is 25.8 Å². The molecule has 1 unspecified atom stereocenters. The number of nitrogens with two attached hydrogens (primary N) is 1. The van der Waals surface area contributed by atoms with E-state index in [-0.39, 0.29) is 6.04 Å². The number of benzene rings is 2. The van der Waals surface area contributed by atoms with Crippen LogP contribution in [0.1, 0.15) is 23.6 Å². The van der Waals surface area contributed by atoms with Crippen LogP contribution < -0.4 is 15.2 Å². The molecule has 2 rings (SSSR count). The molecule has 0 aromatic heterocycles. The molecule has 0 aliphatic rings. The standard InChI is InChI=1S/C18H22ClNO2/c1-12(20)8-14-10-18(22-3)15(11-17(14)21-2)9-13-4-6-16(19)7-5-13/h4-7,10-12H,8-9,20H2,1-3H3. The Kier molecular flexibility index (Phi) is 5.69. The highest BCUT2D eigenvalue weighted by Gasteiger charge is 2.13. The Hall–Kier alpha value is -1.71. The lowest BCUT2D eigenvalue weighted by Crippen LogP contribution is -2.18. The van der Waals surface area contributed by atoms with E-state index in [1.165, 1.54) is 5.56 Å². The molecule has 0 aliphatic carbocycles. The third-order valence-corrected chi connectivity index (χ3v) is 3.79. The van der Waals surface area contributed by atoms with Crippen molar-refractivity contribution in [3.8, 4) is 11.5 Å². The Morgan fingerprint density at radius 2 is 1.55 bits per heavy atom. The van der Waals surface area contributed by atoms with E-state index in [4.69, 9.17) is 26.8 Å². The first-order valence-electron chi connectivity index (χ1n) is 7.27. The van der Waals surface area contributed by atoms with Gasteiger partial charge >= 0.3 is 0 Å². The molecule has 3 nitrogen and oxygen atoms in total. The fraction of sp³-hybridized carbons (Fsp3) is 0.333. The number of halogens is 1. The van der Waals surface area contributed by atoms with E-state index in [9.17, 15) is 0 Å². The summed E-state index contributed by atoms with van der Waals surface area (Å²) in [6.07, 6.45) is 1.51. The highest BCUT2D eigenvalue weighted by molar-refractivity contribution is 6.30. The molecule has 118 valence electrons. The molecule has 0 amide bonds. The normalized spacial score (nSPS) is 12.0. The Balaban J connectivity index is 2.35. The highest BCUT2D eigenvalue weighted by Crippen LogP contribution is 2.31. The van der Waals surface area contributed by atoms with Crippen LogP contribution in [0.4, 0.5) is 0 Å². The van der Waals surface area contributed by atoms with Crippen LogP contribution in [0.3, 0.4) is 0 Å². The van der Waals surface area contributed by atoms with Crippen molar-refractivity contribution in [2.75, 3.05) is 14.2 Å². The van der Waals surface area contributed by atoms with Gasteiger partial charge < -0.3 is 15.2 Å². The summed E-state index contributed by atoms with van der Waals surface area (Å²) in [5.74, 6) is 1.70. The van der Waals surface area contributed by atoms with E-state index in [2.05, 4.69) is 0 Å². The molecule has 0 radical (unpaired) electrons. The second kappa shape index (κ2) is 7.52. The summed E-state index contributed by atoms with van der Waals surface area (Å²) in [4.78, 5) is 0. The first-order valence-corrected chi connectivity index (χ1v) is 7.65. The third kappa shape index (κ3) is 4.15. The largest absolute Gasteiger partial charge is 0.496 e. The summed E-state index contributed by atoms with van der Waals surface area (Å²) in [6, 6.07) is 11.9. The van der Waals surface area contributed by atoms with Gasteiger partial charge in [-0.2, -0.15) is 0 Å². The first-order chi connectivity index (χ1) is 10.5. The van der Waals surface area contributed by atoms with Gasteiger partial charge in [0.15, 0.2) is 0 Å². The highest BCUT2D eigenvalue weighted by atomic mass is 35.5. The number of hydrogen-bond acceptors (Lipinski definition) is 3. The number of methoxy groups -OCH3 is 2. The molecule has 4 heteroatoms. The average Bonchev–Trinajstić information content (AvgIpc) is 2.50. The molecule has 2 aromatic carbocycles. The van der Waals surface area contributed by atoms with Gasteiger partial charge in [0.05, 0.1) is 14.2 Å². The monoisotopic (exact) mass is 319 g/mol. The zero-order valence-corrected chi connectivity index (χ0v) is 14.0. The minimum Gasteiger partial charge on any atom is -0.496 e. The van der Waals surface area contributed by atoms with Crippen LogP contribution >= 0.6 is 11.6 Å². The van der Waals surface area contributed by atoms with Gasteiger partial charge in [0, 0.05) is 23.0 Å². The lowest BCUT2D eigenvalue weighted by Gasteiger charge is -2.16. The first kappa shape index (κ1) is 16.7. The van der Waals surface area contributed by atoms with Gasteiger partial charge in [-0.05, 0) is 48.7 Å². The smallest absolute Gasteiger partial charge is 0.122 e. The third-order valence-electron chi connectivity index (χ3n) is 3.53. The topological polar surface area (TPSA) is 44.5 Å². The summed E-state index contributed by atoms with van der Waals surface area (Å²) in [5.41, 5.74) is 9.22. The molecule has 0 fully saturated rings. The van der Waals surface area contributed by atoms with Crippen LogP contribution in [0.25, 0.3) is 0 Å². The van der Waals surface area contributed by atoms with Gasteiger partial charge in [-0.3, -0.25) is 0 Å². The predicted octanol–water partition coefficient (Wildman–Crippen LogP) is 3.84. The molecule has 0 spiro atoms. The molecule has 0 heterocycles. The minimum absolute atomic E-state index is 0.0701. The average molecular weight is 320 g/mol. The summed E-state index contributed by atoms with van der Waals surface area (Å²) in [5, 5.41) is 0.737. The lowest BCUT2D eigenvalue weighted by molar-refractivity contribution is 0.394. The van der Waals surface area contributed by atoms with Crippen LogP contribution in [-0.2, 0) is 12.8 Å². The van der Waals surface area contributed by atoms with Crippen LogP contribution in [0.5, 0.6) is 11.5 Å². The van der Waals surface area contributed by atoms with E-state index in [1.54, 1.807) is 14.2 Å². The van der Waals surface area contributed by atoms with Gasteiger partial charge in [-0.25, -0.2) is 0 Å². The van der Waals surface area contributed by atoms with Crippen LogP contribution in [0.2, 0.25) is 5.02 Å². The molecule has 1 atom stereocenters. The van der Waals surface area contributed by atoms with Gasteiger partial charge in [0.2, 0.25) is 0 Å². The van der Waals surface area contributed by atoms with E-state index in [1.807, 2.05) is 43.3 Å². The van der Waals surface area contributed by atoms with Gasteiger partial charge in [0.1, 0.15) is 11.5 Å². The predicted molar refractivity (Wildman–Crippen MR) is 91.2 cm³/mol. The molecule has 0 saturated carbocycles. The van der Waals surface area contributed by atoms with Gasteiger partial charge in [-0.1, -0.05) is 23.7 Å². The second-order valence-corrected chi connectivity index (χ2v) is 5.90. The van der Waals surface area contributed by atoms with E-state index >= 15 is 0 Å².